The second-order valence-electron chi connectivity index (χ2n) is 5.71. The van der Waals surface area contributed by atoms with Gasteiger partial charge in [-0.05, 0) is 44.9 Å². The van der Waals surface area contributed by atoms with Crippen molar-refractivity contribution in [2.45, 2.75) is 32.7 Å². The van der Waals surface area contributed by atoms with Crippen molar-refractivity contribution < 1.29 is 4.79 Å². The van der Waals surface area contributed by atoms with Gasteiger partial charge in [-0.2, -0.15) is 5.26 Å². The van der Waals surface area contributed by atoms with E-state index in [4.69, 9.17) is 5.26 Å². The number of amides is 1. The van der Waals surface area contributed by atoms with Gasteiger partial charge in [0, 0.05) is 22.8 Å². The summed E-state index contributed by atoms with van der Waals surface area (Å²) in [5.74, 6) is -0.361. The fraction of sp³-hybridized carbons (Fsp3) is 0.375. The van der Waals surface area contributed by atoms with Crippen molar-refractivity contribution >= 4 is 21.8 Å². The first kappa shape index (κ1) is 17.3. The van der Waals surface area contributed by atoms with Crippen LogP contribution in [-0.4, -0.2) is 18.0 Å². The molecule has 5 heteroatoms. The van der Waals surface area contributed by atoms with E-state index in [0.29, 0.717) is 6.54 Å². The lowest BCUT2D eigenvalue weighted by molar-refractivity contribution is -0.118. The SMILES string of the molecule is CC(C)(C)NC(=O)/C(C#N)=C\NCCc1cccc(Br)c1. The lowest BCUT2D eigenvalue weighted by Gasteiger charge is -2.20. The highest BCUT2D eigenvalue weighted by atomic mass is 79.9. The van der Waals surface area contributed by atoms with E-state index in [9.17, 15) is 4.79 Å². The standard InChI is InChI=1S/C16H20BrN3O/c1-16(2,3)20-15(21)13(10-18)11-19-8-7-12-5-4-6-14(17)9-12/h4-6,9,11,19H,7-8H2,1-3H3,(H,20,21)/b13-11-. The highest BCUT2D eigenvalue weighted by molar-refractivity contribution is 9.10. The minimum Gasteiger partial charge on any atom is -0.389 e. The van der Waals surface area contributed by atoms with Crippen molar-refractivity contribution in [2.24, 2.45) is 0 Å². The molecule has 112 valence electrons. The largest absolute Gasteiger partial charge is 0.389 e. The van der Waals surface area contributed by atoms with Crippen molar-refractivity contribution in [3.8, 4) is 6.07 Å². The number of carbonyl (C=O) groups excluding carboxylic acids is 1. The Morgan fingerprint density at radius 3 is 2.71 bits per heavy atom. The summed E-state index contributed by atoms with van der Waals surface area (Å²) >= 11 is 3.42. The first-order valence-electron chi connectivity index (χ1n) is 6.72. The molecule has 1 aromatic rings. The topological polar surface area (TPSA) is 64.9 Å². The van der Waals surface area contributed by atoms with Crippen molar-refractivity contribution in [1.29, 1.82) is 5.26 Å². The van der Waals surface area contributed by atoms with E-state index in [1.165, 1.54) is 11.8 Å². The van der Waals surface area contributed by atoms with Crippen LogP contribution in [0.3, 0.4) is 0 Å². The Balaban J connectivity index is 2.50. The third-order valence-corrected chi connectivity index (χ3v) is 3.04. The zero-order valence-electron chi connectivity index (χ0n) is 12.5. The molecule has 0 unspecified atom stereocenters. The smallest absolute Gasteiger partial charge is 0.263 e. The molecular weight excluding hydrogens is 330 g/mol. The second kappa shape index (κ2) is 7.84. The molecule has 2 N–H and O–H groups in total. The third-order valence-electron chi connectivity index (χ3n) is 2.55. The van der Waals surface area contributed by atoms with E-state index in [-0.39, 0.29) is 17.0 Å². The summed E-state index contributed by atoms with van der Waals surface area (Å²) in [5, 5.41) is 14.8. The van der Waals surface area contributed by atoms with Crippen LogP contribution in [0.4, 0.5) is 0 Å². The van der Waals surface area contributed by atoms with Crippen LogP contribution in [0.2, 0.25) is 0 Å². The Kier molecular flexibility index (Phi) is 6.44. The van der Waals surface area contributed by atoms with Crippen LogP contribution in [0.25, 0.3) is 0 Å². The van der Waals surface area contributed by atoms with E-state index in [0.717, 1.165) is 10.9 Å². The van der Waals surface area contributed by atoms with Gasteiger partial charge < -0.3 is 10.6 Å². The molecule has 0 aromatic heterocycles. The molecule has 4 nitrogen and oxygen atoms in total. The van der Waals surface area contributed by atoms with E-state index in [1.54, 1.807) is 0 Å². The van der Waals surface area contributed by atoms with E-state index in [2.05, 4.69) is 26.6 Å². The van der Waals surface area contributed by atoms with Gasteiger partial charge in [0.25, 0.3) is 5.91 Å². The molecule has 0 heterocycles. The fourth-order valence-corrected chi connectivity index (χ4v) is 2.09. The molecule has 0 radical (unpaired) electrons. The fourth-order valence-electron chi connectivity index (χ4n) is 1.64. The lowest BCUT2D eigenvalue weighted by Crippen LogP contribution is -2.41. The minimum atomic E-state index is -0.361. The maximum Gasteiger partial charge on any atom is 0.263 e. The zero-order valence-corrected chi connectivity index (χ0v) is 14.1. The van der Waals surface area contributed by atoms with Gasteiger partial charge in [-0.1, -0.05) is 28.1 Å². The molecule has 0 bridgehead atoms. The number of nitriles is 1. The number of hydrogen-bond donors (Lipinski definition) is 2. The van der Waals surface area contributed by atoms with Gasteiger partial charge in [0.2, 0.25) is 0 Å². The summed E-state index contributed by atoms with van der Waals surface area (Å²) in [6.07, 6.45) is 2.29. The number of nitrogens with one attached hydrogen (secondary N) is 2. The summed E-state index contributed by atoms with van der Waals surface area (Å²) in [4.78, 5) is 11.9. The van der Waals surface area contributed by atoms with Gasteiger partial charge in [0.15, 0.2) is 0 Å². The Labute approximate surface area is 134 Å². The molecule has 0 aliphatic heterocycles. The van der Waals surface area contributed by atoms with E-state index < -0.39 is 0 Å². The van der Waals surface area contributed by atoms with Crippen LogP contribution in [0.15, 0.2) is 40.5 Å². The van der Waals surface area contributed by atoms with Gasteiger partial charge in [-0.15, -0.1) is 0 Å². The molecule has 0 saturated carbocycles. The van der Waals surface area contributed by atoms with Gasteiger partial charge in [-0.25, -0.2) is 0 Å². The third kappa shape index (κ3) is 6.96. The molecule has 1 rings (SSSR count). The number of hydrogen-bond acceptors (Lipinski definition) is 3. The normalized spacial score (nSPS) is 11.7. The quantitative estimate of drug-likeness (QED) is 0.488. The Hall–Kier alpha value is -1.80. The van der Waals surface area contributed by atoms with Crippen molar-refractivity contribution in [1.82, 2.24) is 10.6 Å². The van der Waals surface area contributed by atoms with Crippen molar-refractivity contribution in [3.05, 3.63) is 46.1 Å². The average molecular weight is 350 g/mol. The molecule has 21 heavy (non-hydrogen) atoms. The minimum absolute atomic E-state index is 0.0826. The zero-order chi connectivity index (χ0) is 15.9. The number of carbonyl (C=O) groups is 1. The van der Waals surface area contributed by atoms with Crippen LogP contribution in [-0.2, 0) is 11.2 Å². The summed E-state index contributed by atoms with van der Waals surface area (Å²) < 4.78 is 1.04. The molecule has 0 saturated heterocycles. The molecule has 0 aliphatic carbocycles. The number of benzene rings is 1. The predicted octanol–water partition coefficient (Wildman–Crippen LogP) is 2.90. The van der Waals surface area contributed by atoms with Crippen LogP contribution in [0.5, 0.6) is 0 Å². The van der Waals surface area contributed by atoms with Crippen molar-refractivity contribution in [3.63, 3.8) is 0 Å². The highest BCUT2D eigenvalue weighted by Gasteiger charge is 2.16. The molecule has 0 fully saturated rings. The molecule has 0 spiro atoms. The first-order chi connectivity index (χ1) is 9.81. The second-order valence-corrected chi connectivity index (χ2v) is 6.62. The first-order valence-corrected chi connectivity index (χ1v) is 7.52. The van der Waals surface area contributed by atoms with Gasteiger partial charge in [0.1, 0.15) is 11.6 Å². The number of halogens is 1. The highest BCUT2D eigenvalue weighted by Crippen LogP contribution is 2.11. The summed E-state index contributed by atoms with van der Waals surface area (Å²) in [6, 6.07) is 9.94. The predicted molar refractivity (Wildman–Crippen MR) is 87.4 cm³/mol. The van der Waals surface area contributed by atoms with Crippen molar-refractivity contribution in [2.75, 3.05) is 6.54 Å². The molecule has 0 atom stereocenters. The molecule has 1 amide bonds. The van der Waals surface area contributed by atoms with E-state index in [1.807, 2.05) is 51.1 Å². The Bertz CT molecular complexity index is 568. The summed E-state index contributed by atoms with van der Waals surface area (Å²) in [5.41, 5.74) is 0.908. The van der Waals surface area contributed by atoms with Gasteiger partial charge in [-0.3, -0.25) is 4.79 Å². The van der Waals surface area contributed by atoms with E-state index >= 15 is 0 Å². The van der Waals surface area contributed by atoms with Crippen LogP contribution in [0, 0.1) is 11.3 Å². The Morgan fingerprint density at radius 2 is 2.14 bits per heavy atom. The summed E-state index contributed by atoms with van der Waals surface area (Å²) in [7, 11) is 0. The molecule has 0 aliphatic rings. The maximum absolute atomic E-state index is 11.9. The van der Waals surface area contributed by atoms with Crippen LogP contribution < -0.4 is 10.6 Å². The maximum atomic E-state index is 11.9. The number of nitrogens with zero attached hydrogens (tertiary/aromatic N) is 1. The average Bonchev–Trinajstić information content (AvgIpc) is 2.36. The van der Waals surface area contributed by atoms with Gasteiger partial charge in [0.05, 0.1) is 0 Å². The van der Waals surface area contributed by atoms with Gasteiger partial charge >= 0.3 is 0 Å². The van der Waals surface area contributed by atoms with Crippen LogP contribution >= 0.6 is 15.9 Å². The molecule has 1 aromatic carbocycles. The lowest BCUT2D eigenvalue weighted by atomic mass is 10.1. The number of rotatable bonds is 5. The van der Waals surface area contributed by atoms with Crippen LogP contribution in [0.1, 0.15) is 26.3 Å². The monoisotopic (exact) mass is 349 g/mol. The molecular formula is C16H20BrN3O. The summed E-state index contributed by atoms with van der Waals surface area (Å²) in [6.45, 7) is 6.28. The Morgan fingerprint density at radius 1 is 1.43 bits per heavy atom.